The highest BCUT2D eigenvalue weighted by Gasteiger charge is 2.47. The molecule has 0 saturated heterocycles. The monoisotopic (exact) mass is 501 g/mol. The van der Waals surface area contributed by atoms with Crippen molar-refractivity contribution < 1.29 is 26.4 Å². The minimum absolute atomic E-state index is 0.252. The maximum absolute atomic E-state index is 12.9. The molecule has 0 bridgehead atoms. The summed E-state index contributed by atoms with van der Waals surface area (Å²) in [4.78, 5) is 31.5. The summed E-state index contributed by atoms with van der Waals surface area (Å²) in [6, 6.07) is 4.10. The van der Waals surface area contributed by atoms with Crippen LogP contribution in [0.4, 0.5) is 13.2 Å². The molecular weight excluding hydrogens is 487 g/mol. The lowest BCUT2D eigenvalue weighted by atomic mass is 10.1. The van der Waals surface area contributed by atoms with Gasteiger partial charge in [-0.15, -0.1) is 0 Å². The molecule has 1 atom stereocenters. The molecule has 9 nitrogen and oxygen atoms in total. The number of hydrogen-bond donors (Lipinski definition) is 1. The van der Waals surface area contributed by atoms with Crippen molar-refractivity contribution in [1.82, 2.24) is 25.1 Å². The Kier molecular flexibility index (Phi) is 6.56. The number of amides is 1. The average Bonchev–Trinajstić information content (AvgIpc) is 2.74. The third kappa shape index (κ3) is 5.03. The van der Waals surface area contributed by atoms with E-state index in [1.54, 1.807) is 0 Å². The molecule has 1 unspecified atom stereocenters. The molecule has 174 valence electrons. The molecule has 2 heterocycles. The summed E-state index contributed by atoms with van der Waals surface area (Å²) in [7, 11) is -4.27. The summed E-state index contributed by atoms with van der Waals surface area (Å²) in [5.74, 6) is -0.895. The van der Waals surface area contributed by atoms with Crippen LogP contribution in [0.5, 0.6) is 0 Å². The largest absolute Gasteiger partial charge is 0.501 e. The molecule has 3 aromatic rings. The van der Waals surface area contributed by atoms with Crippen LogP contribution in [0.2, 0.25) is 5.02 Å². The quantitative estimate of drug-likeness (QED) is 0.570. The van der Waals surface area contributed by atoms with E-state index in [2.05, 4.69) is 20.4 Å². The molecule has 0 fully saturated rings. The van der Waals surface area contributed by atoms with E-state index >= 15 is 0 Å². The average molecular weight is 502 g/mol. The van der Waals surface area contributed by atoms with Crippen molar-refractivity contribution in [1.29, 1.82) is 0 Å². The van der Waals surface area contributed by atoms with Gasteiger partial charge in [0.25, 0.3) is 21.3 Å². The Bertz CT molecular complexity index is 1390. The van der Waals surface area contributed by atoms with Crippen molar-refractivity contribution >= 4 is 27.3 Å². The van der Waals surface area contributed by atoms with Crippen molar-refractivity contribution in [3.05, 3.63) is 69.4 Å². The molecule has 1 aromatic carbocycles. The lowest BCUT2D eigenvalue weighted by Gasteiger charge is -2.17. The molecular formula is C19H15ClF3N5O4S. The van der Waals surface area contributed by atoms with E-state index in [1.165, 1.54) is 38.5 Å². The Hall–Kier alpha value is -3.32. The van der Waals surface area contributed by atoms with Gasteiger partial charge in [0, 0.05) is 36.1 Å². The van der Waals surface area contributed by atoms with Crippen LogP contribution < -0.4 is 10.9 Å². The van der Waals surface area contributed by atoms with E-state index in [-0.39, 0.29) is 22.0 Å². The lowest BCUT2D eigenvalue weighted by Crippen LogP contribution is -2.29. The number of benzene rings is 1. The highest BCUT2D eigenvalue weighted by molar-refractivity contribution is 7.92. The predicted octanol–water partition coefficient (Wildman–Crippen LogP) is 2.68. The smallest absolute Gasteiger partial charge is 0.344 e. The van der Waals surface area contributed by atoms with Crippen molar-refractivity contribution in [2.45, 2.75) is 23.4 Å². The first-order chi connectivity index (χ1) is 15.3. The highest BCUT2D eigenvalue weighted by atomic mass is 35.5. The second-order valence-corrected chi connectivity index (χ2v) is 9.17. The maximum atomic E-state index is 12.9. The van der Waals surface area contributed by atoms with E-state index in [9.17, 15) is 31.2 Å². The third-order valence-corrected chi connectivity index (χ3v) is 6.12. The predicted molar refractivity (Wildman–Crippen MR) is 111 cm³/mol. The van der Waals surface area contributed by atoms with Gasteiger partial charge in [0.05, 0.1) is 16.6 Å². The number of rotatable bonds is 5. The topological polar surface area (TPSA) is 124 Å². The Labute approximate surface area is 190 Å². The number of aryl methyl sites for hydroxylation is 1. The lowest BCUT2D eigenvalue weighted by molar-refractivity contribution is -0.0436. The van der Waals surface area contributed by atoms with Crippen molar-refractivity contribution in [3.63, 3.8) is 0 Å². The summed E-state index contributed by atoms with van der Waals surface area (Å²) in [5, 5.41) is 6.25. The number of carbonyl (C=O) groups excluding carboxylic acids is 1. The molecule has 0 aliphatic rings. The summed E-state index contributed by atoms with van der Waals surface area (Å²) in [6.45, 7) is 1.53. The number of sulfone groups is 1. The summed E-state index contributed by atoms with van der Waals surface area (Å²) in [5.41, 5.74) is -5.51. The van der Waals surface area contributed by atoms with Crippen LogP contribution >= 0.6 is 11.6 Å². The molecule has 2 aromatic heterocycles. The Balaban J connectivity index is 1.94. The molecule has 1 N–H and O–H groups in total. The number of halogens is 4. The molecule has 1 amide bonds. The summed E-state index contributed by atoms with van der Waals surface area (Å²) < 4.78 is 63.2. The second-order valence-electron chi connectivity index (χ2n) is 6.79. The minimum Gasteiger partial charge on any atom is -0.344 e. The van der Waals surface area contributed by atoms with Gasteiger partial charge in [-0.2, -0.15) is 18.3 Å². The maximum Gasteiger partial charge on any atom is 0.501 e. The fourth-order valence-electron chi connectivity index (χ4n) is 2.82. The van der Waals surface area contributed by atoms with Crippen LogP contribution in [-0.4, -0.2) is 39.6 Å². The van der Waals surface area contributed by atoms with Crippen LogP contribution in [0.1, 0.15) is 29.0 Å². The van der Waals surface area contributed by atoms with Gasteiger partial charge in [0.2, 0.25) is 0 Å². The number of nitrogens with one attached hydrogen (secondary N) is 1. The summed E-state index contributed by atoms with van der Waals surface area (Å²) in [6.07, 6.45) is 2.74. The van der Waals surface area contributed by atoms with E-state index in [1.807, 2.05) is 0 Å². The normalized spacial score (nSPS) is 12.9. The first-order valence-electron chi connectivity index (χ1n) is 9.09. The van der Waals surface area contributed by atoms with E-state index < -0.39 is 37.8 Å². The number of alkyl halides is 3. The van der Waals surface area contributed by atoms with Crippen molar-refractivity contribution in [2.24, 2.45) is 7.05 Å². The summed E-state index contributed by atoms with van der Waals surface area (Å²) >= 11 is 5.77. The number of nitrogens with zero attached hydrogens (tertiary/aromatic N) is 4. The number of carbonyl (C=O) groups is 1. The Morgan fingerprint density at radius 2 is 1.82 bits per heavy atom. The first-order valence-corrected chi connectivity index (χ1v) is 11.0. The minimum atomic E-state index is -5.71. The van der Waals surface area contributed by atoms with Gasteiger partial charge < -0.3 is 5.32 Å². The molecule has 14 heteroatoms. The zero-order valence-corrected chi connectivity index (χ0v) is 18.5. The van der Waals surface area contributed by atoms with Crippen LogP contribution in [-0.2, 0) is 16.9 Å². The van der Waals surface area contributed by atoms with Gasteiger partial charge in [0.15, 0.2) is 0 Å². The molecule has 0 aliphatic heterocycles. The number of aromatic nitrogens is 4. The van der Waals surface area contributed by atoms with Gasteiger partial charge in [-0.25, -0.2) is 13.1 Å². The zero-order chi connectivity index (χ0) is 24.6. The van der Waals surface area contributed by atoms with Gasteiger partial charge in [-0.3, -0.25) is 19.6 Å². The van der Waals surface area contributed by atoms with Crippen LogP contribution in [0, 0.1) is 0 Å². The Morgan fingerprint density at radius 1 is 1.15 bits per heavy atom. The van der Waals surface area contributed by atoms with Gasteiger partial charge >= 0.3 is 5.51 Å². The fourth-order valence-corrected chi connectivity index (χ4v) is 3.95. The molecule has 0 spiro atoms. The van der Waals surface area contributed by atoms with Crippen molar-refractivity contribution in [3.8, 4) is 11.4 Å². The Morgan fingerprint density at radius 3 is 2.45 bits per heavy atom. The molecule has 0 radical (unpaired) electrons. The van der Waals surface area contributed by atoms with Crippen LogP contribution in [0.15, 0.2) is 52.4 Å². The molecule has 0 saturated carbocycles. The molecule has 33 heavy (non-hydrogen) atoms. The zero-order valence-electron chi connectivity index (χ0n) is 17.0. The standard InChI is InChI=1S/C19H15ClF3N5O4S/c1-10(16-17(25-6-5-24-16)14-3-4-15(29)28(2)27-14)26-18(30)11-7-12(20)9-13(8-11)33(31,32)19(21,22)23/h3-10H,1-2H3,(H,26,30). The van der Waals surface area contributed by atoms with E-state index in [4.69, 9.17) is 11.6 Å². The van der Waals surface area contributed by atoms with Crippen LogP contribution in [0.25, 0.3) is 11.4 Å². The van der Waals surface area contributed by atoms with Crippen molar-refractivity contribution in [2.75, 3.05) is 0 Å². The van der Waals surface area contributed by atoms with E-state index in [0.717, 1.165) is 10.7 Å². The number of hydrogen-bond acceptors (Lipinski definition) is 7. The highest BCUT2D eigenvalue weighted by Crippen LogP contribution is 2.32. The molecule has 3 rings (SSSR count). The van der Waals surface area contributed by atoms with Gasteiger partial charge in [-0.1, -0.05) is 11.6 Å². The van der Waals surface area contributed by atoms with Crippen LogP contribution in [0.3, 0.4) is 0 Å². The van der Waals surface area contributed by atoms with Gasteiger partial charge in [-0.05, 0) is 31.2 Å². The SMILES string of the molecule is CC(NC(=O)c1cc(Cl)cc(S(=O)(=O)C(F)(F)F)c1)c1nccnc1-c1ccc(=O)n(C)n1. The first kappa shape index (κ1) is 24.3. The fraction of sp³-hybridized carbons (Fsp3) is 0.211. The van der Waals surface area contributed by atoms with Gasteiger partial charge in [0.1, 0.15) is 11.4 Å². The van der Waals surface area contributed by atoms with E-state index in [0.29, 0.717) is 17.8 Å². The molecule has 0 aliphatic carbocycles. The second kappa shape index (κ2) is 8.90. The third-order valence-electron chi connectivity index (χ3n) is 4.44.